The van der Waals surface area contributed by atoms with Crippen LogP contribution >= 0.6 is 0 Å². The van der Waals surface area contributed by atoms with Crippen molar-refractivity contribution in [2.24, 2.45) is 4.99 Å². The molecule has 0 spiro atoms. The number of carbonyl (C=O) groups excluding carboxylic acids is 1. The Bertz CT molecular complexity index is 373. The third kappa shape index (κ3) is 3.42. The topological polar surface area (TPSA) is 41.9 Å². The number of hydrogen-bond acceptors (Lipinski definition) is 2. The van der Waals surface area contributed by atoms with Crippen molar-refractivity contribution in [1.82, 2.24) is 4.90 Å². The van der Waals surface area contributed by atoms with Gasteiger partial charge in [0.2, 0.25) is 0 Å². The summed E-state index contributed by atoms with van der Waals surface area (Å²) in [5.74, 6) is 0.378. The minimum Gasteiger partial charge on any atom is -0.497 e. The lowest BCUT2D eigenvalue weighted by Crippen LogP contribution is -2.09. The summed E-state index contributed by atoms with van der Waals surface area (Å²) in [5.41, 5.74) is 0.521. The summed E-state index contributed by atoms with van der Waals surface area (Å²) in [6.45, 7) is 0. The van der Waals surface area contributed by atoms with Gasteiger partial charge in [-0.05, 0) is 18.2 Å². The molecule has 1 rings (SSSR count). The second kappa shape index (κ2) is 5.14. The zero-order valence-corrected chi connectivity index (χ0v) is 9.10. The van der Waals surface area contributed by atoms with E-state index in [2.05, 4.69) is 4.99 Å². The van der Waals surface area contributed by atoms with E-state index in [1.54, 1.807) is 36.3 Å². The number of carbonyl (C=O) groups is 1. The van der Waals surface area contributed by atoms with Crippen LogP contribution in [0.2, 0.25) is 0 Å². The van der Waals surface area contributed by atoms with Crippen LogP contribution in [0.3, 0.4) is 0 Å². The second-order valence-electron chi connectivity index (χ2n) is 3.25. The molecule has 15 heavy (non-hydrogen) atoms. The monoisotopic (exact) mass is 206 g/mol. The van der Waals surface area contributed by atoms with Crippen molar-refractivity contribution in [3.8, 4) is 5.75 Å². The molecule has 1 aromatic rings. The maximum Gasteiger partial charge on any atom is 0.278 e. The molecule has 4 heteroatoms. The van der Waals surface area contributed by atoms with E-state index < -0.39 is 0 Å². The maximum absolute atomic E-state index is 11.5. The Labute approximate surface area is 89.2 Å². The normalized spacial score (nSPS) is 10.3. The van der Waals surface area contributed by atoms with Crippen LogP contribution in [-0.2, 0) is 0 Å². The largest absolute Gasteiger partial charge is 0.497 e. The molecule has 4 nitrogen and oxygen atoms in total. The van der Waals surface area contributed by atoms with E-state index in [1.165, 1.54) is 6.34 Å². The van der Waals surface area contributed by atoms with Crippen molar-refractivity contribution in [3.63, 3.8) is 0 Å². The van der Waals surface area contributed by atoms with Crippen LogP contribution in [0.15, 0.2) is 29.3 Å². The van der Waals surface area contributed by atoms with E-state index in [9.17, 15) is 4.79 Å². The molecule has 0 aliphatic rings. The Morgan fingerprint density at radius 3 is 2.80 bits per heavy atom. The van der Waals surface area contributed by atoms with E-state index in [4.69, 9.17) is 4.74 Å². The minimum atomic E-state index is -0.275. The van der Waals surface area contributed by atoms with Gasteiger partial charge >= 0.3 is 0 Å². The quantitative estimate of drug-likeness (QED) is 0.555. The smallest absolute Gasteiger partial charge is 0.278 e. The molecular formula is C11H14N2O2. The van der Waals surface area contributed by atoms with Gasteiger partial charge in [-0.15, -0.1) is 0 Å². The molecule has 0 N–H and O–H groups in total. The molecule has 0 aromatic heterocycles. The molecule has 0 radical (unpaired) electrons. The molecule has 0 saturated carbocycles. The van der Waals surface area contributed by atoms with E-state index >= 15 is 0 Å². The predicted molar refractivity (Wildman–Crippen MR) is 59.5 cm³/mol. The van der Waals surface area contributed by atoms with Crippen molar-refractivity contribution in [1.29, 1.82) is 0 Å². The first-order valence-electron chi connectivity index (χ1n) is 4.52. The zero-order valence-electron chi connectivity index (χ0n) is 9.10. The van der Waals surface area contributed by atoms with Gasteiger partial charge in [0.1, 0.15) is 5.75 Å². The maximum atomic E-state index is 11.5. The zero-order chi connectivity index (χ0) is 11.3. The van der Waals surface area contributed by atoms with Crippen molar-refractivity contribution in [3.05, 3.63) is 29.8 Å². The van der Waals surface area contributed by atoms with Gasteiger partial charge in [0, 0.05) is 19.7 Å². The van der Waals surface area contributed by atoms with Gasteiger partial charge < -0.3 is 9.64 Å². The summed E-state index contributed by atoms with van der Waals surface area (Å²) in [4.78, 5) is 17.0. The summed E-state index contributed by atoms with van der Waals surface area (Å²) in [6, 6.07) is 6.91. The first-order valence-corrected chi connectivity index (χ1v) is 4.52. The fraction of sp³-hybridized carbons (Fsp3) is 0.273. The average Bonchev–Trinajstić information content (AvgIpc) is 2.26. The Hall–Kier alpha value is -1.84. The van der Waals surface area contributed by atoms with Gasteiger partial charge in [-0.3, -0.25) is 4.79 Å². The third-order valence-electron chi connectivity index (χ3n) is 1.72. The van der Waals surface area contributed by atoms with Gasteiger partial charge in [-0.1, -0.05) is 6.07 Å². The first-order chi connectivity index (χ1) is 7.13. The van der Waals surface area contributed by atoms with Crippen LogP contribution in [0.5, 0.6) is 5.75 Å². The van der Waals surface area contributed by atoms with Gasteiger partial charge in [-0.2, -0.15) is 4.99 Å². The van der Waals surface area contributed by atoms with Gasteiger partial charge in [-0.25, -0.2) is 0 Å². The number of rotatable bonds is 3. The van der Waals surface area contributed by atoms with Crippen molar-refractivity contribution >= 4 is 12.2 Å². The van der Waals surface area contributed by atoms with Crippen LogP contribution in [0.1, 0.15) is 10.4 Å². The minimum absolute atomic E-state index is 0.275. The van der Waals surface area contributed by atoms with Gasteiger partial charge in [0.05, 0.1) is 13.4 Å². The van der Waals surface area contributed by atoms with Crippen LogP contribution in [-0.4, -0.2) is 38.4 Å². The molecule has 1 aromatic carbocycles. The lowest BCUT2D eigenvalue weighted by Gasteiger charge is -2.03. The number of hydrogen-bond donors (Lipinski definition) is 0. The summed E-state index contributed by atoms with van der Waals surface area (Å²) < 4.78 is 5.02. The molecule has 0 heterocycles. The molecule has 0 saturated heterocycles. The number of aliphatic imine (C=N–C) groups is 1. The molecule has 0 fully saturated rings. The van der Waals surface area contributed by atoms with Crippen LogP contribution in [0.4, 0.5) is 0 Å². The standard InChI is InChI=1S/C11H14N2O2/c1-13(2)8-12-11(14)9-5-4-6-10(7-9)15-3/h4-8H,1-3H3. The fourth-order valence-electron chi connectivity index (χ4n) is 0.999. The second-order valence-corrected chi connectivity index (χ2v) is 3.25. The first kappa shape index (κ1) is 11.2. The number of ether oxygens (including phenoxy) is 1. The molecule has 0 aliphatic carbocycles. The third-order valence-corrected chi connectivity index (χ3v) is 1.72. The number of nitrogens with zero attached hydrogens (tertiary/aromatic N) is 2. The molecule has 0 unspecified atom stereocenters. The highest BCUT2D eigenvalue weighted by atomic mass is 16.5. The molecule has 0 aliphatic heterocycles. The highest BCUT2D eigenvalue weighted by Crippen LogP contribution is 2.12. The summed E-state index contributed by atoms with van der Waals surface area (Å²) in [7, 11) is 5.18. The van der Waals surface area contributed by atoms with Crippen LogP contribution in [0, 0.1) is 0 Å². The molecule has 1 amide bonds. The Kier molecular flexibility index (Phi) is 3.85. The Balaban J connectivity index is 2.82. The van der Waals surface area contributed by atoms with Crippen LogP contribution in [0.25, 0.3) is 0 Å². The SMILES string of the molecule is COc1cccc(C(=O)N=CN(C)C)c1. The van der Waals surface area contributed by atoms with Crippen LogP contribution < -0.4 is 4.74 Å². The summed E-state index contributed by atoms with van der Waals surface area (Å²) in [5, 5.41) is 0. The van der Waals surface area contributed by atoms with Gasteiger partial charge in [0.15, 0.2) is 0 Å². The van der Waals surface area contributed by atoms with E-state index in [0.29, 0.717) is 11.3 Å². The van der Waals surface area contributed by atoms with E-state index in [1.807, 2.05) is 14.1 Å². The lowest BCUT2D eigenvalue weighted by atomic mass is 10.2. The Morgan fingerprint density at radius 2 is 2.20 bits per heavy atom. The average molecular weight is 206 g/mol. The lowest BCUT2D eigenvalue weighted by molar-refractivity contribution is 0.100. The summed E-state index contributed by atoms with van der Waals surface area (Å²) in [6.07, 6.45) is 1.47. The predicted octanol–water partition coefficient (Wildman–Crippen LogP) is 1.43. The van der Waals surface area contributed by atoms with Crippen molar-refractivity contribution in [2.45, 2.75) is 0 Å². The molecular weight excluding hydrogens is 192 g/mol. The number of benzene rings is 1. The number of methoxy groups -OCH3 is 1. The highest BCUT2D eigenvalue weighted by molar-refractivity contribution is 5.98. The summed E-state index contributed by atoms with van der Waals surface area (Å²) >= 11 is 0. The number of amides is 1. The van der Waals surface area contributed by atoms with Gasteiger partial charge in [0.25, 0.3) is 5.91 Å². The van der Waals surface area contributed by atoms with E-state index in [-0.39, 0.29) is 5.91 Å². The van der Waals surface area contributed by atoms with E-state index in [0.717, 1.165) is 0 Å². The molecule has 80 valence electrons. The molecule has 0 atom stereocenters. The highest BCUT2D eigenvalue weighted by Gasteiger charge is 2.03. The van der Waals surface area contributed by atoms with Crippen molar-refractivity contribution < 1.29 is 9.53 Å². The molecule has 0 bridgehead atoms. The van der Waals surface area contributed by atoms with Crippen molar-refractivity contribution in [2.75, 3.05) is 21.2 Å². The Morgan fingerprint density at radius 1 is 1.47 bits per heavy atom. The fourth-order valence-corrected chi connectivity index (χ4v) is 0.999.